The predicted octanol–water partition coefficient (Wildman–Crippen LogP) is 2.89. The molecule has 1 spiro atoms. The summed E-state index contributed by atoms with van der Waals surface area (Å²) >= 11 is 2.41. The first-order valence-electron chi connectivity index (χ1n) is 5.22. The van der Waals surface area contributed by atoms with Gasteiger partial charge in [0.2, 0.25) is 0 Å². The smallest absolute Gasteiger partial charge is 0.168 e. The number of hydrogen-bond acceptors (Lipinski definition) is 2. The summed E-state index contributed by atoms with van der Waals surface area (Å²) in [5.41, 5.74) is 0. The van der Waals surface area contributed by atoms with Crippen LogP contribution in [0, 0.1) is 0 Å². The van der Waals surface area contributed by atoms with Gasteiger partial charge in [0.1, 0.15) is 0 Å². The van der Waals surface area contributed by atoms with E-state index in [1.807, 2.05) is 0 Å². The van der Waals surface area contributed by atoms with Crippen molar-refractivity contribution in [3.63, 3.8) is 0 Å². The van der Waals surface area contributed by atoms with E-state index >= 15 is 0 Å². The summed E-state index contributed by atoms with van der Waals surface area (Å²) in [4.78, 5) is 0. The predicted molar refractivity (Wildman–Crippen MR) is 60.1 cm³/mol. The Morgan fingerprint density at radius 3 is 2.69 bits per heavy atom. The molecule has 1 unspecified atom stereocenters. The van der Waals surface area contributed by atoms with Gasteiger partial charge >= 0.3 is 0 Å². The zero-order valence-corrected chi connectivity index (χ0v) is 10.1. The Hall–Kier alpha value is 0.650. The molecule has 0 N–H and O–H groups in total. The van der Waals surface area contributed by atoms with Gasteiger partial charge < -0.3 is 9.47 Å². The third-order valence-corrected chi connectivity index (χ3v) is 3.96. The number of halogens is 1. The molecule has 0 aromatic rings. The summed E-state index contributed by atoms with van der Waals surface area (Å²) in [5, 5.41) is 0. The van der Waals surface area contributed by atoms with E-state index in [4.69, 9.17) is 9.47 Å². The van der Waals surface area contributed by atoms with Crippen LogP contribution in [0.25, 0.3) is 0 Å². The van der Waals surface area contributed by atoms with E-state index in [1.54, 1.807) is 0 Å². The van der Waals surface area contributed by atoms with Crippen molar-refractivity contribution in [3.8, 4) is 0 Å². The monoisotopic (exact) mass is 296 g/mol. The molecule has 0 amide bonds. The number of ether oxygens (including phenoxy) is 2. The van der Waals surface area contributed by atoms with Crippen LogP contribution in [0.15, 0.2) is 0 Å². The number of alkyl halides is 1. The van der Waals surface area contributed by atoms with Crippen LogP contribution in [-0.4, -0.2) is 22.9 Å². The van der Waals surface area contributed by atoms with Gasteiger partial charge in [0.25, 0.3) is 0 Å². The Labute approximate surface area is 93.5 Å². The Morgan fingerprint density at radius 1 is 1.23 bits per heavy atom. The normalized spacial score (nSPS) is 33.5. The molecule has 2 rings (SSSR count). The molecule has 0 aromatic heterocycles. The Balaban J connectivity index is 1.95. The molecule has 0 aromatic carbocycles. The standard InChI is InChI=1S/C10H17IO2/c11-8-9-4-7-12-10(13-9)5-2-1-3-6-10/h9H,1-8H2. The van der Waals surface area contributed by atoms with E-state index in [0.29, 0.717) is 6.10 Å². The molecule has 1 saturated heterocycles. The molecule has 1 atom stereocenters. The zero-order chi connectivity index (χ0) is 9.15. The van der Waals surface area contributed by atoms with Gasteiger partial charge in [-0.2, -0.15) is 0 Å². The molecule has 76 valence electrons. The lowest BCUT2D eigenvalue weighted by atomic mass is 9.93. The van der Waals surface area contributed by atoms with Crippen molar-refractivity contribution < 1.29 is 9.47 Å². The molecule has 0 bridgehead atoms. The minimum absolute atomic E-state index is 0.174. The van der Waals surface area contributed by atoms with Gasteiger partial charge in [-0.15, -0.1) is 0 Å². The molecule has 13 heavy (non-hydrogen) atoms. The summed E-state index contributed by atoms with van der Waals surface area (Å²) in [5.74, 6) is -0.174. The Bertz CT molecular complexity index is 161. The summed E-state index contributed by atoms with van der Waals surface area (Å²) in [6.45, 7) is 0.896. The molecule has 2 nitrogen and oxygen atoms in total. The van der Waals surface area contributed by atoms with E-state index in [-0.39, 0.29) is 5.79 Å². The van der Waals surface area contributed by atoms with Crippen molar-refractivity contribution in [3.05, 3.63) is 0 Å². The van der Waals surface area contributed by atoms with Crippen LogP contribution in [0.3, 0.4) is 0 Å². The van der Waals surface area contributed by atoms with Gasteiger partial charge in [-0.25, -0.2) is 0 Å². The molecule has 1 saturated carbocycles. The van der Waals surface area contributed by atoms with Crippen LogP contribution >= 0.6 is 22.6 Å². The van der Waals surface area contributed by atoms with Gasteiger partial charge in [-0.1, -0.05) is 29.0 Å². The van der Waals surface area contributed by atoms with Crippen LogP contribution in [-0.2, 0) is 9.47 Å². The van der Waals surface area contributed by atoms with E-state index in [1.165, 1.54) is 19.3 Å². The SMILES string of the molecule is ICC1CCOC2(CCCCC2)O1. The molecule has 0 radical (unpaired) electrons. The van der Waals surface area contributed by atoms with Gasteiger partial charge in [0, 0.05) is 17.3 Å². The van der Waals surface area contributed by atoms with Gasteiger partial charge in [0.05, 0.1) is 12.7 Å². The minimum atomic E-state index is -0.174. The minimum Gasteiger partial charge on any atom is -0.350 e. The zero-order valence-electron chi connectivity index (χ0n) is 7.93. The lowest BCUT2D eigenvalue weighted by molar-refractivity contribution is -0.300. The second-order valence-electron chi connectivity index (χ2n) is 4.00. The fourth-order valence-electron chi connectivity index (χ4n) is 2.23. The summed E-state index contributed by atoms with van der Waals surface area (Å²) in [6.07, 6.45) is 7.63. The summed E-state index contributed by atoms with van der Waals surface area (Å²) in [6, 6.07) is 0. The lowest BCUT2D eigenvalue weighted by Gasteiger charge is -2.43. The first-order chi connectivity index (χ1) is 6.35. The number of hydrogen-bond donors (Lipinski definition) is 0. The van der Waals surface area contributed by atoms with Crippen LogP contribution in [0.1, 0.15) is 38.5 Å². The van der Waals surface area contributed by atoms with E-state index in [2.05, 4.69) is 22.6 Å². The molecule has 2 fully saturated rings. The second-order valence-corrected chi connectivity index (χ2v) is 4.88. The quantitative estimate of drug-likeness (QED) is 0.547. The van der Waals surface area contributed by atoms with Crippen molar-refractivity contribution in [2.45, 2.75) is 50.4 Å². The van der Waals surface area contributed by atoms with E-state index < -0.39 is 0 Å². The van der Waals surface area contributed by atoms with Crippen molar-refractivity contribution in [1.82, 2.24) is 0 Å². The molecule has 1 aliphatic carbocycles. The summed E-state index contributed by atoms with van der Waals surface area (Å²) in [7, 11) is 0. The van der Waals surface area contributed by atoms with E-state index in [9.17, 15) is 0 Å². The topological polar surface area (TPSA) is 18.5 Å². The molecule has 1 heterocycles. The first-order valence-corrected chi connectivity index (χ1v) is 6.75. The second kappa shape index (κ2) is 4.45. The van der Waals surface area contributed by atoms with Crippen molar-refractivity contribution >= 4 is 22.6 Å². The third kappa shape index (κ3) is 2.36. The van der Waals surface area contributed by atoms with Gasteiger partial charge in [-0.05, 0) is 19.3 Å². The largest absolute Gasteiger partial charge is 0.350 e. The fourth-order valence-corrected chi connectivity index (χ4v) is 2.85. The van der Waals surface area contributed by atoms with Gasteiger partial charge in [-0.3, -0.25) is 0 Å². The van der Waals surface area contributed by atoms with Crippen molar-refractivity contribution in [2.24, 2.45) is 0 Å². The first kappa shape index (κ1) is 10.2. The number of rotatable bonds is 1. The highest BCUT2D eigenvalue weighted by atomic mass is 127. The highest BCUT2D eigenvalue weighted by Crippen LogP contribution is 2.37. The average molecular weight is 296 g/mol. The maximum absolute atomic E-state index is 6.03. The van der Waals surface area contributed by atoms with Crippen LogP contribution < -0.4 is 0 Å². The molecule has 1 aliphatic heterocycles. The maximum Gasteiger partial charge on any atom is 0.168 e. The van der Waals surface area contributed by atoms with Crippen molar-refractivity contribution in [2.75, 3.05) is 11.0 Å². The average Bonchev–Trinajstić information content (AvgIpc) is 2.19. The highest BCUT2D eigenvalue weighted by molar-refractivity contribution is 14.1. The molecule has 3 heteroatoms. The fraction of sp³-hybridized carbons (Fsp3) is 1.00. The van der Waals surface area contributed by atoms with Crippen LogP contribution in [0.5, 0.6) is 0 Å². The van der Waals surface area contributed by atoms with E-state index in [0.717, 1.165) is 30.3 Å². The Kier molecular flexibility index (Phi) is 3.48. The highest BCUT2D eigenvalue weighted by Gasteiger charge is 2.38. The molecular weight excluding hydrogens is 279 g/mol. The summed E-state index contributed by atoms with van der Waals surface area (Å²) < 4.78 is 12.9. The van der Waals surface area contributed by atoms with Gasteiger partial charge in [0.15, 0.2) is 5.79 Å². The Morgan fingerprint density at radius 2 is 2.00 bits per heavy atom. The lowest BCUT2D eigenvalue weighted by Crippen LogP contribution is -2.46. The van der Waals surface area contributed by atoms with Crippen LogP contribution in [0.4, 0.5) is 0 Å². The van der Waals surface area contributed by atoms with Crippen molar-refractivity contribution in [1.29, 1.82) is 0 Å². The molecule has 2 aliphatic rings. The third-order valence-electron chi connectivity index (χ3n) is 2.97. The molecular formula is C10H17IO2. The van der Waals surface area contributed by atoms with Crippen LogP contribution in [0.2, 0.25) is 0 Å². The maximum atomic E-state index is 6.03.